The smallest absolute Gasteiger partial charge is 0.114 e. The molecule has 0 aromatic heterocycles. The van der Waals surface area contributed by atoms with E-state index in [-0.39, 0.29) is 13.2 Å². The molecule has 0 aliphatic carbocycles. The van der Waals surface area contributed by atoms with Gasteiger partial charge in [0.15, 0.2) is 0 Å². The first kappa shape index (κ1) is 26.6. The molecule has 29 heavy (non-hydrogen) atoms. The van der Waals surface area contributed by atoms with Crippen molar-refractivity contribution in [3.8, 4) is 0 Å². The maximum absolute atomic E-state index is 9.83. The van der Waals surface area contributed by atoms with Crippen molar-refractivity contribution in [2.45, 2.75) is 121 Å². The second-order valence-corrected chi connectivity index (χ2v) is 8.39. The molecule has 1 rings (SSSR count). The van der Waals surface area contributed by atoms with Crippen LogP contribution in [0.25, 0.3) is 0 Å². The van der Waals surface area contributed by atoms with Crippen LogP contribution < -0.4 is 0 Å². The van der Waals surface area contributed by atoms with E-state index in [1.807, 2.05) is 0 Å². The van der Waals surface area contributed by atoms with Crippen LogP contribution in [0.15, 0.2) is 12.2 Å². The Balaban J connectivity index is 1.86. The molecule has 5 nitrogen and oxygen atoms in total. The summed E-state index contributed by atoms with van der Waals surface area (Å²) < 4.78 is 11.0. The van der Waals surface area contributed by atoms with Crippen LogP contribution in [-0.4, -0.2) is 59.6 Å². The zero-order chi connectivity index (χ0) is 21.2. The molecular weight excluding hydrogens is 368 g/mol. The number of allylic oxidation sites excluding steroid dienone is 2. The molecule has 0 aromatic carbocycles. The summed E-state index contributed by atoms with van der Waals surface area (Å²) in [5.41, 5.74) is 0. The Bertz CT molecular complexity index is 387. The summed E-state index contributed by atoms with van der Waals surface area (Å²) >= 11 is 0. The van der Waals surface area contributed by atoms with Gasteiger partial charge in [0, 0.05) is 6.61 Å². The van der Waals surface area contributed by atoms with Crippen LogP contribution in [0.5, 0.6) is 0 Å². The van der Waals surface area contributed by atoms with Gasteiger partial charge in [-0.1, -0.05) is 76.9 Å². The zero-order valence-corrected chi connectivity index (χ0v) is 18.6. The van der Waals surface area contributed by atoms with E-state index in [1.165, 1.54) is 70.6 Å². The van der Waals surface area contributed by atoms with Crippen LogP contribution in [0.4, 0.5) is 0 Å². The van der Waals surface area contributed by atoms with E-state index < -0.39 is 24.4 Å². The Morgan fingerprint density at radius 3 is 1.93 bits per heavy atom. The first-order chi connectivity index (χ1) is 14.2. The summed E-state index contributed by atoms with van der Waals surface area (Å²) in [6, 6.07) is 0. The molecule has 1 heterocycles. The van der Waals surface area contributed by atoms with E-state index in [2.05, 4.69) is 19.1 Å². The van der Waals surface area contributed by atoms with Crippen molar-refractivity contribution in [3.05, 3.63) is 12.2 Å². The van der Waals surface area contributed by atoms with Crippen molar-refractivity contribution in [1.82, 2.24) is 0 Å². The molecule has 3 N–H and O–H groups in total. The average molecular weight is 415 g/mol. The standard InChI is InChI=1S/C24H46O5/c1-2-3-4-5-6-7-8-9-10-11-12-13-14-15-16-17-18-28-22(19-25)24-23(27)21(26)20-29-24/h11-12,21-27H,2-10,13-20H2,1H3/b12-11+/t21-,22+,23-,24-/m0/s1. The van der Waals surface area contributed by atoms with Gasteiger partial charge in [-0.2, -0.15) is 0 Å². The number of aliphatic hydroxyl groups excluding tert-OH is 3. The number of hydrogen-bond acceptors (Lipinski definition) is 5. The third-order valence-corrected chi connectivity index (χ3v) is 5.72. The van der Waals surface area contributed by atoms with Crippen LogP contribution in [0.2, 0.25) is 0 Å². The molecule has 1 aliphatic rings. The van der Waals surface area contributed by atoms with Gasteiger partial charge in [-0.25, -0.2) is 0 Å². The predicted molar refractivity (Wildman–Crippen MR) is 118 cm³/mol. The lowest BCUT2D eigenvalue weighted by molar-refractivity contribution is -0.101. The fourth-order valence-electron chi connectivity index (χ4n) is 3.79. The molecule has 4 atom stereocenters. The minimum absolute atomic E-state index is 0.0955. The topological polar surface area (TPSA) is 79.2 Å². The molecule has 1 fully saturated rings. The summed E-state index contributed by atoms with van der Waals surface area (Å²) in [5.74, 6) is 0. The molecular formula is C24H46O5. The molecule has 0 bridgehead atoms. The van der Waals surface area contributed by atoms with Crippen LogP contribution >= 0.6 is 0 Å². The average Bonchev–Trinajstić information content (AvgIpc) is 3.06. The predicted octanol–water partition coefficient (Wildman–Crippen LogP) is 4.52. The lowest BCUT2D eigenvalue weighted by Gasteiger charge is -2.24. The molecule has 172 valence electrons. The monoisotopic (exact) mass is 414 g/mol. The van der Waals surface area contributed by atoms with E-state index in [0.717, 1.165) is 19.3 Å². The number of unbranched alkanes of at least 4 members (excludes halogenated alkanes) is 12. The van der Waals surface area contributed by atoms with Crippen LogP contribution in [-0.2, 0) is 9.47 Å². The second-order valence-electron chi connectivity index (χ2n) is 8.39. The molecule has 0 amide bonds. The summed E-state index contributed by atoms with van der Waals surface area (Å²) in [6.45, 7) is 2.69. The molecule has 0 aromatic rings. The van der Waals surface area contributed by atoms with Crippen LogP contribution in [0, 0.1) is 0 Å². The van der Waals surface area contributed by atoms with Gasteiger partial charge in [0.05, 0.1) is 13.2 Å². The van der Waals surface area contributed by atoms with Gasteiger partial charge in [0.2, 0.25) is 0 Å². The summed E-state index contributed by atoms with van der Waals surface area (Å²) in [7, 11) is 0. The van der Waals surface area contributed by atoms with Crippen molar-refractivity contribution in [2.75, 3.05) is 19.8 Å². The Labute approximate surface area is 178 Å². The maximum Gasteiger partial charge on any atom is 0.114 e. The van der Waals surface area contributed by atoms with E-state index in [0.29, 0.717) is 6.61 Å². The first-order valence-corrected chi connectivity index (χ1v) is 12.1. The van der Waals surface area contributed by atoms with Gasteiger partial charge >= 0.3 is 0 Å². The SMILES string of the molecule is CCCCCCCCCC/C=C/CCCCCCO[C@H](CO)[C@@H]1OC[C@H](O)[C@@H]1O. The van der Waals surface area contributed by atoms with Crippen molar-refractivity contribution < 1.29 is 24.8 Å². The Kier molecular flexibility index (Phi) is 16.8. The van der Waals surface area contributed by atoms with Gasteiger partial charge in [-0.05, 0) is 32.1 Å². The Morgan fingerprint density at radius 2 is 1.41 bits per heavy atom. The Hall–Kier alpha value is -0.460. The fourth-order valence-corrected chi connectivity index (χ4v) is 3.79. The highest BCUT2D eigenvalue weighted by Gasteiger charge is 2.40. The van der Waals surface area contributed by atoms with Gasteiger partial charge in [0.1, 0.15) is 24.4 Å². The third-order valence-electron chi connectivity index (χ3n) is 5.72. The third kappa shape index (κ3) is 12.7. The quantitative estimate of drug-likeness (QED) is 0.214. The van der Waals surface area contributed by atoms with E-state index in [9.17, 15) is 15.3 Å². The number of ether oxygens (including phenoxy) is 2. The fraction of sp³-hybridized carbons (Fsp3) is 0.917. The van der Waals surface area contributed by atoms with Gasteiger partial charge in [0.25, 0.3) is 0 Å². The zero-order valence-electron chi connectivity index (χ0n) is 18.6. The molecule has 0 saturated carbocycles. The van der Waals surface area contributed by atoms with E-state index in [4.69, 9.17) is 9.47 Å². The van der Waals surface area contributed by atoms with Gasteiger partial charge in [-0.3, -0.25) is 0 Å². The number of hydrogen-bond donors (Lipinski definition) is 3. The summed E-state index contributed by atoms with van der Waals surface area (Å²) in [6.07, 6.45) is 19.4. The molecule has 5 heteroatoms. The minimum atomic E-state index is -0.982. The molecule has 0 spiro atoms. The second kappa shape index (κ2) is 18.3. The number of aliphatic hydroxyl groups is 3. The van der Waals surface area contributed by atoms with E-state index >= 15 is 0 Å². The molecule has 1 aliphatic heterocycles. The maximum atomic E-state index is 9.83. The summed E-state index contributed by atoms with van der Waals surface area (Å²) in [4.78, 5) is 0. The first-order valence-electron chi connectivity index (χ1n) is 12.1. The molecule has 0 radical (unpaired) electrons. The highest BCUT2D eigenvalue weighted by molar-refractivity contribution is 4.88. The van der Waals surface area contributed by atoms with Crippen molar-refractivity contribution in [2.24, 2.45) is 0 Å². The molecule has 1 saturated heterocycles. The highest BCUT2D eigenvalue weighted by Crippen LogP contribution is 2.20. The van der Waals surface area contributed by atoms with Crippen molar-refractivity contribution in [1.29, 1.82) is 0 Å². The highest BCUT2D eigenvalue weighted by atomic mass is 16.6. The number of rotatable bonds is 19. The summed E-state index contributed by atoms with van der Waals surface area (Å²) in [5, 5.41) is 28.8. The lowest BCUT2D eigenvalue weighted by Crippen LogP contribution is -2.42. The minimum Gasteiger partial charge on any atom is -0.394 e. The Morgan fingerprint density at radius 1 is 0.862 bits per heavy atom. The van der Waals surface area contributed by atoms with E-state index in [1.54, 1.807) is 0 Å². The largest absolute Gasteiger partial charge is 0.394 e. The van der Waals surface area contributed by atoms with Gasteiger partial charge < -0.3 is 24.8 Å². The van der Waals surface area contributed by atoms with Crippen LogP contribution in [0.1, 0.15) is 96.8 Å². The lowest BCUT2D eigenvalue weighted by atomic mass is 10.1. The van der Waals surface area contributed by atoms with Crippen molar-refractivity contribution in [3.63, 3.8) is 0 Å². The van der Waals surface area contributed by atoms with Crippen molar-refractivity contribution >= 4 is 0 Å². The van der Waals surface area contributed by atoms with Crippen LogP contribution in [0.3, 0.4) is 0 Å². The molecule has 0 unspecified atom stereocenters. The van der Waals surface area contributed by atoms with Gasteiger partial charge in [-0.15, -0.1) is 0 Å². The normalized spacial score (nSPS) is 23.2.